The van der Waals surface area contributed by atoms with E-state index in [-0.39, 0.29) is 0 Å². The van der Waals surface area contributed by atoms with Gasteiger partial charge in [0.15, 0.2) is 0 Å². The Kier molecular flexibility index (Phi) is 6.51. The van der Waals surface area contributed by atoms with E-state index >= 15 is 0 Å². The Balaban J connectivity index is 3.53. The lowest BCUT2D eigenvalue weighted by molar-refractivity contribution is 0.312. The number of unbranched alkanes of at least 4 members (excludes halogenated alkanes) is 1. The van der Waals surface area contributed by atoms with Crippen molar-refractivity contribution in [2.45, 2.75) is 53.4 Å². The Morgan fingerprint density at radius 1 is 1.08 bits per heavy atom. The fourth-order valence-corrected chi connectivity index (χ4v) is 1.68. The number of hydrogen-bond donors (Lipinski definition) is 0. The summed E-state index contributed by atoms with van der Waals surface area (Å²) in [6.45, 7) is 13.3. The van der Waals surface area contributed by atoms with Crippen LogP contribution in [-0.2, 0) is 0 Å². The van der Waals surface area contributed by atoms with Gasteiger partial charge in [-0.1, -0.05) is 53.9 Å². The molecule has 0 aromatic carbocycles. The lowest BCUT2D eigenvalue weighted by Gasteiger charge is -2.21. The van der Waals surface area contributed by atoms with Crippen molar-refractivity contribution in [2.24, 2.45) is 17.8 Å². The quantitative estimate of drug-likeness (QED) is 0.556. The molecule has 0 heterocycles. The molecule has 3 atom stereocenters. The first-order valence-corrected chi connectivity index (χ1v) is 5.41. The highest BCUT2D eigenvalue weighted by Crippen LogP contribution is 2.23. The SMILES string of the molecule is [CH2]C(C)CC(C)C(C)CCCC. The maximum absolute atomic E-state index is 4.04. The number of rotatable bonds is 6. The molecule has 0 saturated carbocycles. The Morgan fingerprint density at radius 2 is 1.67 bits per heavy atom. The largest absolute Gasteiger partial charge is 0.0654 e. The van der Waals surface area contributed by atoms with Crippen LogP contribution in [0.15, 0.2) is 0 Å². The Labute approximate surface area is 78.8 Å². The monoisotopic (exact) mass is 169 g/mol. The first kappa shape index (κ1) is 12.0. The smallest absolute Gasteiger partial charge is 0.0414 e. The van der Waals surface area contributed by atoms with Gasteiger partial charge >= 0.3 is 0 Å². The molecule has 0 spiro atoms. The summed E-state index contributed by atoms with van der Waals surface area (Å²) in [6.07, 6.45) is 5.39. The first-order chi connectivity index (χ1) is 5.57. The van der Waals surface area contributed by atoms with Crippen LogP contribution in [0.4, 0.5) is 0 Å². The molecule has 1 radical (unpaired) electrons. The molecule has 0 fully saturated rings. The molecule has 0 aliphatic carbocycles. The Hall–Kier alpha value is 0. The van der Waals surface area contributed by atoms with Crippen LogP contribution in [-0.4, -0.2) is 0 Å². The summed E-state index contributed by atoms with van der Waals surface area (Å²) in [4.78, 5) is 0. The summed E-state index contributed by atoms with van der Waals surface area (Å²) in [5.74, 6) is 2.35. The van der Waals surface area contributed by atoms with E-state index in [2.05, 4.69) is 34.6 Å². The normalized spacial score (nSPS) is 16.5. The van der Waals surface area contributed by atoms with E-state index in [0.717, 1.165) is 11.8 Å². The molecule has 0 aromatic rings. The van der Waals surface area contributed by atoms with Crippen molar-refractivity contribution in [3.05, 3.63) is 6.92 Å². The van der Waals surface area contributed by atoms with Crippen LogP contribution in [0.5, 0.6) is 0 Å². The molecular weight excluding hydrogens is 144 g/mol. The van der Waals surface area contributed by atoms with Gasteiger partial charge in [-0.15, -0.1) is 0 Å². The molecule has 12 heavy (non-hydrogen) atoms. The van der Waals surface area contributed by atoms with Crippen LogP contribution in [0, 0.1) is 24.7 Å². The van der Waals surface area contributed by atoms with Crippen LogP contribution < -0.4 is 0 Å². The molecule has 0 aliphatic rings. The van der Waals surface area contributed by atoms with Crippen LogP contribution in [0.1, 0.15) is 53.4 Å². The predicted molar refractivity (Wildman–Crippen MR) is 57.0 cm³/mol. The first-order valence-electron chi connectivity index (χ1n) is 5.41. The van der Waals surface area contributed by atoms with E-state index in [1.807, 2.05) is 0 Å². The molecule has 0 heteroatoms. The molecular formula is C12H25. The second-order valence-electron chi connectivity index (χ2n) is 4.44. The third kappa shape index (κ3) is 5.62. The summed E-state index contributed by atoms with van der Waals surface area (Å²) in [6, 6.07) is 0. The van der Waals surface area contributed by atoms with E-state index in [1.165, 1.54) is 25.7 Å². The van der Waals surface area contributed by atoms with Crippen LogP contribution >= 0.6 is 0 Å². The van der Waals surface area contributed by atoms with Crippen molar-refractivity contribution in [2.75, 3.05) is 0 Å². The lowest BCUT2D eigenvalue weighted by Crippen LogP contribution is -2.10. The van der Waals surface area contributed by atoms with Gasteiger partial charge in [-0.3, -0.25) is 0 Å². The minimum atomic E-state index is 0.615. The van der Waals surface area contributed by atoms with Gasteiger partial charge in [-0.25, -0.2) is 0 Å². The summed E-state index contributed by atoms with van der Waals surface area (Å²) in [5, 5.41) is 0. The molecule has 73 valence electrons. The van der Waals surface area contributed by atoms with Gasteiger partial charge in [0.25, 0.3) is 0 Å². The zero-order chi connectivity index (χ0) is 9.56. The minimum absolute atomic E-state index is 0.615. The van der Waals surface area contributed by atoms with Crippen molar-refractivity contribution in [3.63, 3.8) is 0 Å². The molecule has 3 unspecified atom stereocenters. The maximum Gasteiger partial charge on any atom is -0.0414 e. The van der Waals surface area contributed by atoms with Gasteiger partial charge in [0.1, 0.15) is 0 Å². The zero-order valence-electron chi connectivity index (χ0n) is 9.27. The zero-order valence-corrected chi connectivity index (χ0v) is 9.27. The van der Waals surface area contributed by atoms with E-state index < -0.39 is 0 Å². The van der Waals surface area contributed by atoms with Gasteiger partial charge in [-0.2, -0.15) is 0 Å². The van der Waals surface area contributed by atoms with Crippen LogP contribution in [0.25, 0.3) is 0 Å². The predicted octanol–water partition coefficient (Wildman–Crippen LogP) is 4.31. The van der Waals surface area contributed by atoms with Gasteiger partial charge in [0, 0.05) is 0 Å². The number of hydrogen-bond acceptors (Lipinski definition) is 0. The second kappa shape index (κ2) is 6.51. The molecule has 0 nitrogen and oxygen atoms in total. The van der Waals surface area contributed by atoms with Gasteiger partial charge < -0.3 is 0 Å². The summed E-state index contributed by atoms with van der Waals surface area (Å²) >= 11 is 0. The van der Waals surface area contributed by atoms with E-state index in [1.54, 1.807) is 0 Å². The van der Waals surface area contributed by atoms with Crippen molar-refractivity contribution >= 4 is 0 Å². The highest BCUT2D eigenvalue weighted by Gasteiger charge is 2.12. The van der Waals surface area contributed by atoms with Gasteiger partial charge in [0.2, 0.25) is 0 Å². The highest BCUT2D eigenvalue weighted by atomic mass is 14.2. The average Bonchev–Trinajstić information content (AvgIpc) is 1.98. The van der Waals surface area contributed by atoms with Crippen molar-refractivity contribution in [3.8, 4) is 0 Å². The lowest BCUT2D eigenvalue weighted by atomic mass is 9.85. The molecule has 0 rings (SSSR count). The van der Waals surface area contributed by atoms with Crippen molar-refractivity contribution in [1.82, 2.24) is 0 Å². The Bertz CT molecular complexity index is 94.2. The standard InChI is InChI=1S/C12H25/c1-6-7-8-11(4)12(5)9-10(2)3/h10-12H,2,6-9H2,1,3-5H3. The van der Waals surface area contributed by atoms with E-state index in [0.29, 0.717) is 5.92 Å². The van der Waals surface area contributed by atoms with Crippen LogP contribution in [0.3, 0.4) is 0 Å². The van der Waals surface area contributed by atoms with E-state index in [9.17, 15) is 0 Å². The fourth-order valence-electron chi connectivity index (χ4n) is 1.68. The minimum Gasteiger partial charge on any atom is -0.0654 e. The average molecular weight is 169 g/mol. The topological polar surface area (TPSA) is 0 Å². The van der Waals surface area contributed by atoms with Gasteiger partial charge in [-0.05, 0) is 24.2 Å². The van der Waals surface area contributed by atoms with Crippen molar-refractivity contribution in [1.29, 1.82) is 0 Å². The Morgan fingerprint density at radius 3 is 2.08 bits per heavy atom. The third-order valence-electron chi connectivity index (χ3n) is 2.76. The van der Waals surface area contributed by atoms with E-state index in [4.69, 9.17) is 0 Å². The van der Waals surface area contributed by atoms with Gasteiger partial charge in [0.05, 0.1) is 0 Å². The molecule has 0 saturated heterocycles. The summed E-state index contributed by atoms with van der Waals surface area (Å²) in [5.41, 5.74) is 0. The summed E-state index contributed by atoms with van der Waals surface area (Å²) in [7, 11) is 0. The summed E-state index contributed by atoms with van der Waals surface area (Å²) < 4.78 is 0. The molecule has 0 aliphatic heterocycles. The van der Waals surface area contributed by atoms with Crippen molar-refractivity contribution < 1.29 is 0 Å². The highest BCUT2D eigenvalue weighted by molar-refractivity contribution is 4.66. The molecule has 0 amide bonds. The molecule has 0 bridgehead atoms. The molecule has 0 aromatic heterocycles. The third-order valence-corrected chi connectivity index (χ3v) is 2.76. The molecule has 0 N–H and O–H groups in total. The maximum atomic E-state index is 4.04. The fraction of sp³-hybridized carbons (Fsp3) is 0.917. The second-order valence-corrected chi connectivity index (χ2v) is 4.44. The van der Waals surface area contributed by atoms with Crippen LogP contribution in [0.2, 0.25) is 0 Å².